The van der Waals surface area contributed by atoms with E-state index in [1.54, 1.807) is 13.8 Å². The Morgan fingerprint density at radius 1 is 1.23 bits per heavy atom. The molecule has 0 fully saturated rings. The Labute approximate surface area is 125 Å². The van der Waals surface area contributed by atoms with Crippen molar-refractivity contribution in [1.82, 2.24) is 5.32 Å². The van der Waals surface area contributed by atoms with Crippen molar-refractivity contribution in [2.45, 2.75) is 33.4 Å². The third-order valence-electron chi connectivity index (χ3n) is 2.72. The van der Waals surface area contributed by atoms with E-state index in [2.05, 4.69) is 15.4 Å². The zero-order chi connectivity index (χ0) is 16.9. The average Bonchev–Trinajstić information content (AvgIpc) is 2.38. The largest absolute Gasteiger partial charge is 0.432 e. The zero-order valence-corrected chi connectivity index (χ0v) is 12.3. The van der Waals surface area contributed by atoms with E-state index in [4.69, 9.17) is 0 Å². The summed E-state index contributed by atoms with van der Waals surface area (Å²) in [5, 5.41) is 4.90. The summed E-state index contributed by atoms with van der Waals surface area (Å²) in [6.45, 7) is 1.61. The van der Waals surface area contributed by atoms with Gasteiger partial charge in [-0.05, 0) is 18.1 Å². The van der Waals surface area contributed by atoms with E-state index in [1.807, 2.05) is 0 Å². The van der Waals surface area contributed by atoms with Gasteiger partial charge in [-0.3, -0.25) is 9.59 Å². The molecule has 5 nitrogen and oxygen atoms in total. The summed E-state index contributed by atoms with van der Waals surface area (Å²) in [5.74, 6) is -2.74. The highest BCUT2D eigenvalue weighted by molar-refractivity contribution is 5.97. The molecule has 0 saturated heterocycles. The first-order valence-electron chi connectivity index (χ1n) is 6.53. The first-order valence-corrected chi connectivity index (χ1v) is 6.53. The maximum atomic E-state index is 13.6. The summed E-state index contributed by atoms with van der Waals surface area (Å²) >= 11 is 0. The third kappa shape index (κ3) is 5.27. The van der Waals surface area contributed by atoms with Crippen molar-refractivity contribution in [1.29, 1.82) is 0 Å². The fraction of sp³-hybridized carbons (Fsp3) is 0.429. The molecular formula is C14H17F3N2O3. The minimum absolute atomic E-state index is 0.0696. The quantitative estimate of drug-likeness (QED) is 0.847. The monoisotopic (exact) mass is 318 g/mol. The summed E-state index contributed by atoms with van der Waals surface area (Å²) < 4.78 is 41.6. The van der Waals surface area contributed by atoms with Crippen molar-refractivity contribution < 1.29 is 27.5 Å². The molecule has 1 rings (SSSR count). The van der Waals surface area contributed by atoms with Gasteiger partial charge in [0.15, 0.2) is 11.6 Å². The number of rotatable bonds is 6. The van der Waals surface area contributed by atoms with Crippen molar-refractivity contribution in [2.75, 3.05) is 5.32 Å². The Balaban J connectivity index is 2.82. The maximum absolute atomic E-state index is 13.6. The summed E-state index contributed by atoms with van der Waals surface area (Å²) in [4.78, 5) is 23.1. The van der Waals surface area contributed by atoms with Gasteiger partial charge in [0, 0.05) is 18.7 Å². The lowest BCUT2D eigenvalue weighted by atomic mass is 10.0. The lowest BCUT2D eigenvalue weighted by molar-refractivity contribution is -0.126. The highest BCUT2D eigenvalue weighted by atomic mass is 19.3. The lowest BCUT2D eigenvalue weighted by Crippen LogP contribution is -2.46. The standard InChI is InChI=1S/C14H17F3N2O3/c1-7(2)12(18-8(3)20)13(21)19-9-4-5-11(10(15)6-9)22-14(16)17/h4-7,12,14H,1-3H3,(H,18,20)(H,19,21). The molecular weight excluding hydrogens is 301 g/mol. The second-order valence-corrected chi connectivity index (χ2v) is 4.94. The fourth-order valence-corrected chi connectivity index (χ4v) is 1.74. The van der Waals surface area contributed by atoms with Crippen LogP contribution < -0.4 is 15.4 Å². The Hall–Kier alpha value is -2.25. The van der Waals surface area contributed by atoms with Crippen LogP contribution in [0.25, 0.3) is 0 Å². The molecule has 0 spiro atoms. The van der Waals surface area contributed by atoms with Gasteiger partial charge in [0.05, 0.1) is 0 Å². The normalized spacial score (nSPS) is 12.2. The van der Waals surface area contributed by atoms with Crippen LogP contribution in [0.3, 0.4) is 0 Å². The smallest absolute Gasteiger partial charge is 0.387 e. The van der Waals surface area contributed by atoms with Gasteiger partial charge in [0.1, 0.15) is 6.04 Å². The molecule has 0 aliphatic rings. The van der Waals surface area contributed by atoms with E-state index in [1.165, 1.54) is 13.0 Å². The van der Waals surface area contributed by atoms with Gasteiger partial charge < -0.3 is 15.4 Å². The van der Waals surface area contributed by atoms with Gasteiger partial charge in [0.2, 0.25) is 11.8 Å². The number of hydrogen-bond donors (Lipinski definition) is 2. The Morgan fingerprint density at radius 2 is 1.86 bits per heavy atom. The Morgan fingerprint density at radius 3 is 2.32 bits per heavy atom. The Bertz CT molecular complexity index is 550. The van der Waals surface area contributed by atoms with E-state index in [9.17, 15) is 22.8 Å². The minimum atomic E-state index is -3.14. The zero-order valence-electron chi connectivity index (χ0n) is 12.3. The molecule has 1 aromatic rings. The number of halogens is 3. The van der Waals surface area contributed by atoms with Crippen LogP contribution in [-0.2, 0) is 9.59 Å². The van der Waals surface area contributed by atoms with E-state index in [0.29, 0.717) is 0 Å². The van der Waals surface area contributed by atoms with Crippen molar-refractivity contribution in [3.63, 3.8) is 0 Å². The molecule has 0 saturated carbocycles. The summed E-state index contributed by atoms with van der Waals surface area (Å²) in [5.41, 5.74) is 0.0696. The molecule has 122 valence electrons. The van der Waals surface area contributed by atoms with Crippen LogP contribution in [0.5, 0.6) is 5.75 Å². The number of hydrogen-bond acceptors (Lipinski definition) is 3. The van der Waals surface area contributed by atoms with Gasteiger partial charge in [-0.2, -0.15) is 8.78 Å². The molecule has 1 aromatic carbocycles. The van der Waals surface area contributed by atoms with E-state index < -0.39 is 30.1 Å². The summed E-state index contributed by atoms with van der Waals surface area (Å²) in [7, 11) is 0. The Kier molecular flexibility index (Phi) is 6.21. The van der Waals surface area contributed by atoms with Crippen molar-refractivity contribution in [2.24, 2.45) is 5.92 Å². The van der Waals surface area contributed by atoms with Crippen LogP contribution >= 0.6 is 0 Å². The third-order valence-corrected chi connectivity index (χ3v) is 2.72. The number of alkyl halides is 2. The predicted octanol–water partition coefficient (Wildman–Crippen LogP) is 2.53. The van der Waals surface area contributed by atoms with Gasteiger partial charge in [0.25, 0.3) is 0 Å². The van der Waals surface area contributed by atoms with Crippen molar-refractivity contribution in [3.8, 4) is 5.75 Å². The fourth-order valence-electron chi connectivity index (χ4n) is 1.74. The molecule has 0 radical (unpaired) electrons. The van der Waals surface area contributed by atoms with Gasteiger partial charge >= 0.3 is 6.61 Å². The summed E-state index contributed by atoms with van der Waals surface area (Å²) in [6, 6.07) is 2.28. The summed E-state index contributed by atoms with van der Waals surface area (Å²) in [6.07, 6.45) is 0. The highest BCUT2D eigenvalue weighted by Crippen LogP contribution is 2.23. The molecule has 0 aliphatic carbocycles. The van der Waals surface area contributed by atoms with Gasteiger partial charge in [-0.15, -0.1) is 0 Å². The maximum Gasteiger partial charge on any atom is 0.387 e. The average molecular weight is 318 g/mol. The molecule has 0 aliphatic heterocycles. The van der Waals surface area contributed by atoms with Crippen LogP contribution in [0, 0.1) is 11.7 Å². The van der Waals surface area contributed by atoms with Gasteiger partial charge in [-0.25, -0.2) is 4.39 Å². The molecule has 8 heteroatoms. The topological polar surface area (TPSA) is 67.4 Å². The second-order valence-electron chi connectivity index (χ2n) is 4.94. The number of amides is 2. The van der Waals surface area contributed by atoms with Crippen molar-refractivity contribution in [3.05, 3.63) is 24.0 Å². The first kappa shape index (κ1) is 17.8. The van der Waals surface area contributed by atoms with Gasteiger partial charge in [-0.1, -0.05) is 13.8 Å². The number of ether oxygens (including phenoxy) is 1. The minimum Gasteiger partial charge on any atom is -0.432 e. The molecule has 0 heterocycles. The number of anilines is 1. The van der Waals surface area contributed by atoms with Crippen LogP contribution in [-0.4, -0.2) is 24.5 Å². The molecule has 1 unspecified atom stereocenters. The predicted molar refractivity (Wildman–Crippen MR) is 74.1 cm³/mol. The SMILES string of the molecule is CC(=O)NC(C(=O)Nc1ccc(OC(F)F)c(F)c1)C(C)C. The number of carbonyl (C=O) groups is 2. The number of carbonyl (C=O) groups excluding carboxylic acids is 2. The van der Waals surface area contributed by atoms with E-state index >= 15 is 0 Å². The van der Waals surface area contributed by atoms with Crippen LogP contribution in [0.1, 0.15) is 20.8 Å². The van der Waals surface area contributed by atoms with Crippen molar-refractivity contribution >= 4 is 17.5 Å². The lowest BCUT2D eigenvalue weighted by Gasteiger charge is -2.21. The molecule has 2 N–H and O–H groups in total. The molecule has 0 aromatic heterocycles. The molecule has 0 bridgehead atoms. The first-order chi connectivity index (χ1) is 10.2. The number of benzene rings is 1. The second kappa shape index (κ2) is 7.67. The highest BCUT2D eigenvalue weighted by Gasteiger charge is 2.23. The number of nitrogens with one attached hydrogen (secondary N) is 2. The van der Waals surface area contributed by atoms with Crippen LogP contribution in [0.2, 0.25) is 0 Å². The van der Waals surface area contributed by atoms with Crippen LogP contribution in [0.4, 0.5) is 18.9 Å². The molecule has 1 atom stereocenters. The molecule has 2 amide bonds. The molecule has 22 heavy (non-hydrogen) atoms. The van der Waals surface area contributed by atoms with E-state index in [0.717, 1.165) is 12.1 Å². The van der Waals surface area contributed by atoms with Crippen LogP contribution in [0.15, 0.2) is 18.2 Å². The van der Waals surface area contributed by atoms with E-state index in [-0.39, 0.29) is 17.5 Å².